The number of aromatic nitrogens is 2. The van der Waals surface area contributed by atoms with E-state index in [9.17, 15) is 14.7 Å². The quantitative estimate of drug-likeness (QED) is 0.0892. The van der Waals surface area contributed by atoms with Gasteiger partial charge in [-0.05, 0) is 81.9 Å². The molecule has 1 saturated heterocycles. The zero-order valence-corrected chi connectivity index (χ0v) is 36.0. The third-order valence-electron chi connectivity index (χ3n) is 11.9. The van der Waals surface area contributed by atoms with Crippen LogP contribution in [0.3, 0.4) is 0 Å². The van der Waals surface area contributed by atoms with Crippen LogP contribution in [0.4, 0.5) is 0 Å². The Kier molecular flexibility index (Phi) is 12.8. The zero-order valence-electron chi connectivity index (χ0n) is 36.0. The molecule has 12 heteroatoms. The highest BCUT2D eigenvalue weighted by Gasteiger charge is 2.52. The van der Waals surface area contributed by atoms with Crippen LogP contribution in [-0.4, -0.2) is 68.5 Å². The average molecular weight is 863 g/mol. The molecule has 1 fully saturated rings. The molecule has 0 unspecified atom stereocenters. The number of hydrogen-bond acceptors (Lipinski definition) is 10. The van der Waals surface area contributed by atoms with Crippen molar-refractivity contribution < 1.29 is 38.3 Å². The van der Waals surface area contributed by atoms with Gasteiger partial charge in [0.15, 0.2) is 5.72 Å². The summed E-state index contributed by atoms with van der Waals surface area (Å²) in [4.78, 5) is 28.8. The van der Waals surface area contributed by atoms with Gasteiger partial charge in [0.1, 0.15) is 40.3 Å². The maximum absolute atomic E-state index is 13.9. The van der Waals surface area contributed by atoms with E-state index in [1.807, 2.05) is 158 Å². The monoisotopic (exact) mass is 862 g/mol. The van der Waals surface area contributed by atoms with Crippen LogP contribution in [0.15, 0.2) is 180 Å². The Balaban J connectivity index is 1.24. The van der Waals surface area contributed by atoms with Crippen LogP contribution in [-0.2, 0) is 31.1 Å². The molecule has 0 radical (unpaired) electrons. The summed E-state index contributed by atoms with van der Waals surface area (Å²) < 4.78 is 44.9. The molecule has 0 aliphatic carbocycles. The lowest BCUT2D eigenvalue weighted by Crippen LogP contribution is -2.49. The molecule has 6 aromatic carbocycles. The minimum absolute atomic E-state index is 0.105. The van der Waals surface area contributed by atoms with Crippen molar-refractivity contribution in [2.24, 2.45) is 0 Å². The van der Waals surface area contributed by atoms with Gasteiger partial charge >= 0.3 is 5.69 Å². The summed E-state index contributed by atoms with van der Waals surface area (Å²) in [5, 5.41) is 12.2. The highest BCUT2D eigenvalue weighted by Crippen LogP contribution is 2.46. The third-order valence-corrected chi connectivity index (χ3v) is 11.9. The molecule has 0 spiro atoms. The number of aliphatic hydroxyl groups excluding tert-OH is 1. The van der Waals surface area contributed by atoms with Crippen molar-refractivity contribution in [1.82, 2.24) is 9.55 Å². The number of benzene rings is 6. The van der Waals surface area contributed by atoms with Crippen LogP contribution in [0.2, 0.25) is 0 Å². The predicted octanol–water partition coefficient (Wildman–Crippen LogP) is 7.39. The molecule has 2 heterocycles. The lowest BCUT2D eigenvalue weighted by molar-refractivity contribution is -0.183. The Hall–Kier alpha value is -6.96. The van der Waals surface area contributed by atoms with Gasteiger partial charge in [0.05, 0.1) is 47.8 Å². The van der Waals surface area contributed by atoms with Crippen molar-refractivity contribution in [3.63, 3.8) is 0 Å². The van der Waals surface area contributed by atoms with E-state index in [2.05, 4.69) is 4.98 Å². The molecule has 0 bridgehead atoms. The summed E-state index contributed by atoms with van der Waals surface area (Å²) in [7, 11) is 6.43. The third kappa shape index (κ3) is 8.31. The second kappa shape index (κ2) is 18.8. The molecule has 328 valence electrons. The van der Waals surface area contributed by atoms with E-state index in [4.69, 9.17) is 33.2 Å². The summed E-state index contributed by atoms with van der Waals surface area (Å²) in [5.41, 5.74) is -0.865. The first-order valence-corrected chi connectivity index (χ1v) is 20.8. The summed E-state index contributed by atoms with van der Waals surface area (Å²) in [5.74, 6) is 2.64. The first-order chi connectivity index (χ1) is 31.2. The average Bonchev–Trinajstić information content (AvgIpc) is 3.68. The Morgan fingerprint density at radius 3 is 1.31 bits per heavy atom. The number of nitrogens with zero attached hydrogens (tertiary/aromatic N) is 1. The van der Waals surface area contributed by atoms with Crippen LogP contribution in [0, 0.1) is 0 Å². The standard InChI is InChI=1S/C52H50N2O10/c1-58-42-23-15-38(16-24-42)51(36-11-7-5-8-12-36,39-17-25-43(59-2)26-18-39)62-34-47-46(55)33-50(64-47,54-32-31-48(56)53-49(54)57)35-63-52(37-13-9-6-10-14-37,40-19-27-44(60-3)28-20-40)41-21-29-45(61-4)30-22-41/h5-32,46-47,55H,33-35H2,1-4H3,(H,53,56,57)/t46-,47+,50-/m0/s1. The smallest absolute Gasteiger partial charge is 0.330 e. The summed E-state index contributed by atoms with van der Waals surface area (Å²) in [6, 6.07) is 51.2. The van der Waals surface area contributed by atoms with Gasteiger partial charge in [-0.1, -0.05) is 109 Å². The van der Waals surface area contributed by atoms with E-state index in [0.29, 0.717) is 23.0 Å². The first-order valence-electron chi connectivity index (χ1n) is 20.8. The van der Waals surface area contributed by atoms with E-state index in [-0.39, 0.29) is 19.6 Å². The second-order valence-electron chi connectivity index (χ2n) is 15.5. The Bertz CT molecular complexity index is 2630. The number of aromatic amines is 1. The molecule has 7 aromatic rings. The van der Waals surface area contributed by atoms with E-state index in [1.54, 1.807) is 28.4 Å². The fraction of sp³-hybridized carbons (Fsp3) is 0.231. The van der Waals surface area contributed by atoms with Crippen molar-refractivity contribution in [1.29, 1.82) is 0 Å². The molecule has 1 aromatic heterocycles. The zero-order chi connectivity index (χ0) is 44.7. The number of methoxy groups -OCH3 is 4. The molecule has 0 amide bonds. The molecule has 64 heavy (non-hydrogen) atoms. The molecule has 0 saturated carbocycles. The molecule has 3 atom stereocenters. The maximum atomic E-state index is 13.9. The van der Waals surface area contributed by atoms with Gasteiger partial charge in [0, 0.05) is 18.7 Å². The predicted molar refractivity (Wildman–Crippen MR) is 241 cm³/mol. The highest BCUT2D eigenvalue weighted by molar-refractivity contribution is 5.51. The maximum Gasteiger partial charge on any atom is 0.330 e. The number of hydrogen-bond donors (Lipinski definition) is 2. The summed E-state index contributed by atoms with van der Waals surface area (Å²) >= 11 is 0. The molecule has 2 N–H and O–H groups in total. The van der Waals surface area contributed by atoms with E-state index >= 15 is 0 Å². The van der Waals surface area contributed by atoms with Crippen molar-refractivity contribution in [3.05, 3.63) is 224 Å². The highest BCUT2D eigenvalue weighted by atomic mass is 16.6. The first kappa shape index (κ1) is 43.7. The molecule has 12 nitrogen and oxygen atoms in total. The fourth-order valence-corrected chi connectivity index (χ4v) is 8.64. The fourth-order valence-electron chi connectivity index (χ4n) is 8.64. The lowest BCUT2D eigenvalue weighted by atomic mass is 9.80. The number of rotatable bonds is 17. The Morgan fingerprint density at radius 1 is 0.562 bits per heavy atom. The number of ether oxygens (including phenoxy) is 7. The summed E-state index contributed by atoms with van der Waals surface area (Å²) in [6.07, 6.45) is -0.910. The Labute approximate surface area is 371 Å². The largest absolute Gasteiger partial charge is 0.497 e. The molecule has 1 aliphatic heterocycles. The van der Waals surface area contributed by atoms with Gasteiger partial charge in [0.25, 0.3) is 5.56 Å². The van der Waals surface area contributed by atoms with E-state index < -0.39 is 40.4 Å². The van der Waals surface area contributed by atoms with Gasteiger partial charge in [-0.3, -0.25) is 14.3 Å². The molecule has 1 aliphatic rings. The minimum Gasteiger partial charge on any atom is -0.497 e. The van der Waals surface area contributed by atoms with Gasteiger partial charge < -0.3 is 38.3 Å². The van der Waals surface area contributed by atoms with Gasteiger partial charge in [0.2, 0.25) is 0 Å². The van der Waals surface area contributed by atoms with Crippen molar-refractivity contribution in [2.45, 2.75) is 35.6 Å². The number of aliphatic hydroxyl groups is 1. The van der Waals surface area contributed by atoms with Crippen LogP contribution in [0.1, 0.15) is 39.8 Å². The van der Waals surface area contributed by atoms with Gasteiger partial charge in [-0.15, -0.1) is 0 Å². The second-order valence-corrected chi connectivity index (χ2v) is 15.5. The normalized spacial score (nSPS) is 17.5. The van der Waals surface area contributed by atoms with Gasteiger partial charge in [-0.2, -0.15) is 0 Å². The van der Waals surface area contributed by atoms with Crippen LogP contribution >= 0.6 is 0 Å². The van der Waals surface area contributed by atoms with Crippen LogP contribution < -0.4 is 30.2 Å². The van der Waals surface area contributed by atoms with E-state index in [0.717, 1.165) is 33.4 Å². The van der Waals surface area contributed by atoms with Crippen LogP contribution in [0.25, 0.3) is 0 Å². The molecular formula is C52H50N2O10. The van der Waals surface area contributed by atoms with Crippen molar-refractivity contribution in [2.75, 3.05) is 41.7 Å². The SMILES string of the molecule is COc1ccc(C(OC[C@H]2O[C@@](COC(c3ccccc3)(c3ccc(OC)cc3)c3ccc(OC)cc3)(n3ccc(=O)[nH]c3=O)C[C@@H]2O)(c2ccccc2)c2ccc(OC)cc2)cc1. The van der Waals surface area contributed by atoms with Crippen LogP contribution in [0.5, 0.6) is 23.0 Å². The minimum atomic E-state index is -1.66. The number of nitrogens with one attached hydrogen (secondary N) is 1. The Morgan fingerprint density at radius 2 is 0.938 bits per heavy atom. The molecule has 8 rings (SSSR count). The number of H-pyrrole nitrogens is 1. The van der Waals surface area contributed by atoms with Gasteiger partial charge in [-0.25, -0.2) is 4.79 Å². The topological polar surface area (TPSA) is 140 Å². The lowest BCUT2D eigenvalue weighted by Gasteiger charge is -2.40. The van der Waals surface area contributed by atoms with Crippen molar-refractivity contribution >= 4 is 0 Å². The van der Waals surface area contributed by atoms with Crippen molar-refractivity contribution in [3.8, 4) is 23.0 Å². The molecular weight excluding hydrogens is 813 g/mol. The summed E-state index contributed by atoms with van der Waals surface area (Å²) in [6.45, 7) is -0.422. The van der Waals surface area contributed by atoms with E-state index in [1.165, 1.54) is 16.8 Å².